The van der Waals surface area contributed by atoms with Crippen LogP contribution in [0.2, 0.25) is 5.02 Å². The number of nitrogens with zero attached hydrogens (tertiary/aromatic N) is 2. The molecule has 0 radical (unpaired) electrons. The van der Waals surface area contributed by atoms with E-state index < -0.39 is 0 Å². The average Bonchev–Trinajstić information content (AvgIpc) is 2.64. The fourth-order valence-electron chi connectivity index (χ4n) is 3.08. The Balaban J connectivity index is 1.51. The first-order valence-electron chi connectivity index (χ1n) is 8.90. The third-order valence-electron chi connectivity index (χ3n) is 4.37. The zero-order valence-corrected chi connectivity index (χ0v) is 15.7. The Bertz CT molecular complexity index is 745. The summed E-state index contributed by atoms with van der Waals surface area (Å²) in [6.45, 7) is 6.31. The Morgan fingerprint density at radius 1 is 1.12 bits per heavy atom. The molecular weight excluding hydrogens is 350 g/mol. The number of carbonyl (C=O) groups excluding carboxylic acids is 1. The van der Waals surface area contributed by atoms with E-state index in [1.165, 1.54) is 0 Å². The maximum absolute atomic E-state index is 12.4. The van der Waals surface area contributed by atoms with Crippen LogP contribution in [-0.2, 0) is 4.79 Å². The van der Waals surface area contributed by atoms with Gasteiger partial charge in [0.25, 0.3) is 0 Å². The van der Waals surface area contributed by atoms with Gasteiger partial charge in [0.05, 0.1) is 18.8 Å². The van der Waals surface area contributed by atoms with Crippen molar-refractivity contribution in [2.45, 2.75) is 6.92 Å². The summed E-state index contributed by atoms with van der Waals surface area (Å²) in [6.07, 6.45) is 0. The van der Waals surface area contributed by atoms with Crippen molar-refractivity contribution in [3.05, 3.63) is 53.6 Å². The second-order valence-electron chi connectivity index (χ2n) is 6.22. The number of carbonyl (C=O) groups is 1. The van der Waals surface area contributed by atoms with Crippen LogP contribution in [0.25, 0.3) is 0 Å². The second-order valence-corrected chi connectivity index (χ2v) is 6.66. The third kappa shape index (κ3) is 4.90. The molecule has 1 amide bonds. The zero-order chi connectivity index (χ0) is 18.4. The highest BCUT2D eigenvalue weighted by molar-refractivity contribution is 6.30. The Hall–Kier alpha value is -2.24. The van der Waals surface area contributed by atoms with Crippen molar-refractivity contribution >= 4 is 28.9 Å². The molecule has 0 atom stereocenters. The number of benzene rings is 2. The fourth-order valence-corrected chi connectivity index (χ4v) is 3.27. The van der Waals surface area contributed by atoms with Gasteiger partial charge in [-0.2, -0.15) is 0 Å². The lowest BCUT2D eigenvalue weighted by Gasteiger charge is -2.35. The molecule has 1 N–H and O–H groups in total. The lowest BCUT2D eigenvalue weighted by molar-refractivity contribution is -0.117. The van der Waals surface area contributed by atoms with E-state index in [4.69, 9.17) is 16.3 Å². The molecule has 138 valence electrons. The number of hydrogen-bond acceptors (Lipinski definition) is 4. The molecule has 1 heterocycles. The van der Waals surface area contributed by atoms with Gasteiger partial charge in [0.2, 0.25) is 5.91 Å². The molecular formula is C20H24ClN3O2. The van der Waals surface area contributed by atoms with E-state index in [1.807, 2.05) is 49.4 Å². The number of anilines is 2. The van der Waals surface area contributed by atoms with Crippen LogP contribution in [0.15, 0.2) is 48.5 Å². The minimum Gasteiger partial charge on any atom is -0.492 e. The molecule has 0 aliphatic carbocycles. The Morgan fingerprint density at radius 3 is 2.62 bits per heavy atom. The van der Waals surface area contributed by atoms with Crippen LogP contribution >= 0.6 is 11.6 Å². The van der Waals surface area contributed by atoms with E-state index >= 15 is 0 Å². The zero-order valence-electron chi connectivity index (χ0n) is 15.0. The third-order valence-corrected chi connectivity index (χ3v) is 4.61. The summed E-state index contributed by atoms with van der Waals surface area (Å²) < 4.78 is 5.55. The maximum Gasteiger partial charge on any atom is 0.238 e. The highest BCUT2D eigenvalue weighted by atomic mass is 35.5. The molecule has 26 heavy (non-hydrogen) atoms. The summed E-state index contributed by atoms with van der Waals surface area (Å²) in [5.41, 5.74) is 1.85. The van der Waals surface area contributed by atoms with Crippen LogP contribution in [0.4, 0.5) is 11.4 Å². The Morgan fingerprint density at radius 2 is 1.88 bits per heavy atom. The molecule has 0 aromatic heterocycles. The van der Waals surface area contributed by atoms with E-state index in [-0.39, 0.29) is 5.91 Å². The van der Waals surface area contributed by atoms with Crippen LogP contribution < -0.4 is 15.0 Å². The Labute approximate surface area is 159 Å². The number of ether oxygens (including phenoxy) is 1. The van der Waals surface area contributed by atoms with Gasteiger partial charge in [-0.15, -0.1) is 0 Å². The molecule has 2 aromatic carbocycles. The minimum atomic E-state index is -0.0200. The first kappa shape index (κ1) is 18.5. The predicted molar refractivity (Wildman–Crippen MR) is 106 cm³/mol. The number of hydrogen-bond donors (Lipinski definition) is 1. The van der Waals surface area contributed by atoms with E-state index in [9.17, 15) is 4.79 Å². The van der Waals surface area contributed by atoms with Gasteiger partial charge in [0, 0.05) is 36.9 Å². The molecule has 0 unspecified atom stereocenters. The lowest BCUT2D eigenvalue weighted by atomic mass is 10.2. The smallest absolute Gasteiger partial charge is 0.238 e. The summed E-state index contributed by atoms with van der Waals surface area (Å²) in [6, 6.07) is 15.4. The van der Waals surface area contributed by atoms with Gasteiger partial charge in [0.1, 0.15) is 5.75 Å². The van der Waals surface area contributed by atoms with Crippen molar-refractivity contribution in [1.82, 2.24) is 4.90 Å². The molecule has 1 saturated heterocycles. The van der Waals surface area contributed by atoms with E-state index in [0.717, 1.165) is 42.6 Å². The van der Waals surface area contributed by atoms with Crippen molar-refractivity contribution in [3.63, 3.8) is 0 Å². The first-order valence-corrected chi connectivity index (χ1v) is 9.28. The number of amides is 1. The van der Waals surface area contributed by atoms with Gasteiger partial charge in [-0.05, 0) is 37.3 Å². The largest absolute Gasteiger partial charge is 0.492 e. The van der Waals surface area contributed by atoms with Crippen molar-refractivity contribution < 1.29 is 9.53 Å². The van der Waals surface area contributed by atoms with Gasteiger partial charge in [0.15, 0.2) is 0 Å². The van der Waals surface area contributed by atoms with Gasteiger partial charge < -0.3 is 15.0 Å². The summed E-state index contributed by atoms with van der Waals surface area (Å²) in [5, 5.41) is 3.70. The summed E-state index contributed by atoms with van der Waals surface area (Å²) in [7, 11) is 0. The number of rotatable bonds is 6. The Kier molecular flexibility index (Phi) is 6.36. The number of halogens is 1. The molecule has 1 fully saturated rings. The summed E-state index contributed by atoms with van der Waals surface area (Å²) >= 11 is 6.07. The normalized spacial score (nSPS) is 14.9. The summed E-state index contributed by atoms with van der Waals surface area (Å²) in [4.78, 5) is 16.9. The molecule has 0 spiro atoms. The van der Waals surface area contributed by atoms with Crippen molar-refractivity contribution in [2.75, 3.05) is 49.5 Å². The molecule has 0 saturated carbocycles. The summed E-state index contributed by atoms with van der Waals surface area (Å²) in [5.74, 6) is 0.683. The second kappa shape index (κ2) is 8.92. The molecule has 5 nitrogen and oxygen atoms in total. The van der Waals surface area contributed by atoms with E-state index in [1.54, 1.807) is 0 Å². The molecule has 2 aromatic rings. The fraction of sp³-hybridized carbons (Fsp3) is 0.350. The first-order chi connectivity index (χ1) is 12.7. The quantitative estimate of drug-likeness (QED) is 0.841. The van der Waals surface area contributed by atoms with Crippen LogP contribution in [-0.4, -0.2) is 50.1 Å². The van der Waals surface area contributed by atoms with Crippen LogP contribution in [0.3, 0.4) is 0 Å². The topological polar surface area (TPSA) is 44.8 Å². The monoisotopic (exact) mass is 373 g/mol. The van der Waals surface area contributed by atoms with Crippen molar-refractivity contribution in [3.8, 4) is 5.75 Å². The minimum absolute atomic E-state index is 0.0200. The average molecular weight is 374 g/mol. The van der Waals surface area contributed by atoms with Gasteiger partial charge in [-0.3, -0.25) is 9.69 Å². The van der Waals surface area contributed by atoms with Gasteiger partial charge >= 0.3 is 0 Å². The molecule has 1 aliphatic heterocycles. The molecule has 3 rings (SSSR count). The highest BCUT2D eigenvalue weighted by Crippen LogP contribution is 2.24. The van der Waals surface area contributed by atoms with Crippen LogP contribution in [0, 0.1) is 0 Å². The number of para-hydroxylation sites is 2. The lowest BCUT2D eigenvalue weighted by Crippen LogP contribution is -2.48. The predicted octanol–water partition coefficient (Wildman–Crippen LogP) is 3.50. The molecule has 1 aliphatic rings. The standard InChI is InChI=1S/C20H24ClN3O2/c1-2-26-19-9-4-3-8-18(19)22-20(25)15-23-10-12-24(13-11-23)17-7-5-6-16(21)14-17/h3-9,14H,2,10-13,15H2,1H3,(H,22,25). The molecule has 6 heteroatoms. The number of piperazine rings is 1. The SMILES string of the molecule is CCOc1ccccc1NC(=O)CN1CCN(c2cccc(Cl)c2)CC1. The van der Waals surface area contributed by atoms with Crippen LogP contribution in [0.1, 0.15) is 6.92 Å². The van der Waals surface area contributed by atoms with Gasteiger partial charge in [-0.25, -0.2) is 0 Å². The maximum atomic E-state index is 12.4. The molecule has 0 bridgehead atoms. The van der Waals surface area contributed by atoms with Crippen molar-refractivity contribution in [1.29, 1.82) is 0 Å². The van der Waals surface area contributed by atoms with E-state index in [0.29, 0.717) is 18.9 Å². The van der Waals surface area contributed by atoms with Crippen LogP contribution in [0.5, 0.6) is 5.75 Å². The van der Waals surface area contributed by atoms with Crippen molar-refractivity contribution in [2.24, 2.45) is 0 Å². The highest BCUT2D eigenvalue weighted by Gasteiger charge is 2.19. The number of nitrogens with one attached hydrogen (secondary N) is 1. The van der Waals surface area contributed by atoms with Gasteiger partial charge in [-0.1, -0.05) is 29.8 Å². The van der Waals surface area contributed by atoms with E-state index in [2.05, 4.69) is 21.2 Å².